The van der Waals surface area contributed by atoms with Crippen molar-refractivity contribution < 1.29 is 13.2 Å². The first-order valence-corrected chi connectivity index (χ1v) is 6.64. The zero-order valence-electron chi connectivity index (χ0n) is 7.49. The Balaban J connectivity index is 2.36. The second-order valence-corrected chi connectivity index (χ2v) is 5.54. The Hall–Kier alpha value is 0.160. The molecule has 6 heteroatoms. The van der Waals surface area contributed by atoms with Gasteiger partial charge in [-0.1, -0.05) is 6.92 Å². The Labute approximate surface area is 83.2 Å². The van der Waals surface area contributed by atoms with Crippen LogP contribution in [0.1, 0.15) is 19.8 Å². The van der Waals surface area contributed by atoms with Crippen LogP contribution in [0.15, 0.2) is 0 Å². The Morgan fingerprint density at radius 2 is 2.31 bits per heavy atom. The maximum atomic E-state index is 10.6. The van der Waals surface area contributed by atoms with E-state index in [0.717, 1.165) is 12.8 Å². The topological polar surface area (TPSA) is 55.4 Å². The molecular weight excluding hydrogens is 214 g/mol. The van der Waals surface area contributed by atoms with Crippen LogP contribution in [0.5, 0.6) is 0 Å². The van der Waals surface area contributed by atoms with Crippen molar-refractivity contribution in [3.63, 3.8) is 0 Å². The monoisotopic (exact) mass is 227 g/mol. The molecule has 4 nitrogen and oxygen atoms in total. The van der Waals surface area contributed by atoms with Crippen molar-refractivity contribution in [2.24, 2.45) is 5.92 Å². The van der Waals surface area contributed by atoms with Crippen LogP contribution in [0.25, 0.3) is 0 Å². The molecule has 1 aliphatic rings. The molecule has 0 aliphatic carbocycles. The first-order chi connectivity index (χ1) is 6.03. The first kappa shape index (κ1) is 11.2. The summed E-state index contributed by atoms with van der Waals surface area (Å²) in [5, 5.41) is 0. The van der Waals surface area contributed by atoms with Gasteiger partial charge in [0.2, 0.25) is 0 Å². The average Bonchev–Trinajstić information content (AvgIpc) is 2.46. The van der Waals surface area contributed by atoms with E-state index in [1.54, 1.807) is 0 Å². The predicted octanol–water partition coefficient (Wildman–Crippen LogP) is 0.875. The fourth-order valence-corrected chi connectivity index (χ4v) is 2.19. The lowest BCUT2D eigenvalue weighted by Crippen LogP contribution is -2.30. The summed E-state index contributed by atoms with van der Waals surface area (Å²) in [5.74, 6) is 0.263. The molecule has 1 rings (SSSR count). The minimum atomic E-state index is -3.58. The minimum absolute atomic E-state index is 0.172. The summed E-state index contributed by atoms with van der Waals surface area (Å²) in [6.07, 6.45) is 1.98. The molecule has 0 aromatic heterocycles. The van der Waals surface area contributed by atoms with Gasteiger partial charge in [0.15, 0.2) is 0 Å². The highest BCUT2D eigenvalue weighted by atomic mass is 35.7. The van der Waals surface area contributed by atoms with Crippen molar-refractivity contribution in [2.75, 3.05) is 13.2 Å². The third kappa shape index (κ3) is 3.81. The molecule has 0 amide bonds. The minimum Gasteiger partial charge on any atom is -0.378 e. The number of nitrogens with one attached hydrogen (secondary N) is 1. The quantitative estimate of drug-likeness (QED) is 0.726. The second-order valence-electron chi connectivity index (χ2n) is 3.15. The molecule has 1 heterocycles. The van der Waals surface area contributed by atoms with Crippen molar-refractivity contribution >= 4 is 19.9 Å². The molecule has 1 N–H and O–H groups in total. The summed E-state index contributed by atoms with van der Waals surface area (Å²) in [4.78, 5) is 0. The molecule has 0 bridgehead atoms. The third-order valence-corrected chi connectivity index (χ3v) is 3.11. The van der Waals surface area contributed by atoms with Gasteiger partial charge < -0.3 is 4.74 Å². The first-order valence-electron chi connectivity index (χ1n) is 4.33. The van der Waals surface area contributed by atoms with Crippen LogP contribution in [0, 0.1) is 5.92 Å². The van der Waals surface area contributed by atoms with Gasteiger partial charge in [0, 0.05) is 29.8 Å². The molecule has 0 saturated carbocycles. The highest BCUT2D eigenvalue weighted by Crippen LogP contribution is 2.22. The Kier molecular flexibility index (Phi) is 3.97. The second kappa shape index (κ2) is 4.59. The van der Waals surface area contributed by atoms with Gasteiger partial charge in [0.25, 0.3) is 9.24 Å². The predicted molar refractivity (Wildman–Crippen MR) is 50.9 cm³/mol. The van der Waals surface area contributed by atoms with Gasteiger partial charge in [0.05, 0.1) is 6.10 Å². The summed E-state index contributed by atoms with van der Waals surface area (Å²) in [6.45, 7) is 3.12. The van der Waals surface area contributed by atoms with E-state index < -0.39 is 9.24 Å². The van der Waals surface area contributed by atoms with Gasteiger partial charge in [-0.15, -0.1) is 0 Å². The summed E-state index contributed by atoms with van der Waals surface area (Å²) in [7, 11) is 1.45. The molecule has 78 valence electrons. The summed E-state index contributed by atoms with van der Waals surface area (Å²) < 4.78 is 28.9. The van der Waals surface area contributed by atoms with E-state index in [4.69, 9.17) is 15.4 Å². The van der Waals surface area contributed by atoms with E-state index in [1.807, 2.05) is 6.92 Å². The summed E-state index contributed by atoms with van der Waals surface area (Å²) >= 11 is 0. The highest BCUT2D eigenvalue weighted by Gasteiger charge is 2.27. The molecular formula is C7H14ClNO3S. The van der Waals surface area contributed by atoms with Crippen LogP contribution in [0.4, 0.5) is 0 Å². The van der Waals surface area contributed by atoms with Crippen LogP contribution in [0.2, 0.25) is 0 Å². The van der Waals surface area contributed by atoms with Crippen molar-refractivity contribution in [1.29, 1.82) is 0 Å². The average molecular weight is 228 g/mol. The van der Waals surface area contributed by atoms with Crippen molar-refractivity contribution in [1.82, 2.24) is 4.72 Å². The molecule has 2 atom stereocenters. The largest absolute Gasteiger partial charge is 0.378 e. The SMILES string of the molecule is CCC1OCCC1CNS(=O)(=O)Cl. The lowest BCUT2D eigenvalue weighted by Gasteiger charge is -2.15. The molecule has 1 aliphatic heterocycles. The van der Waals surface area contributed by atoms with E-state index in [2.05, 4.69) is 4.72 Å². The third-order valence-electron chi connectivity index (χ3n) is 2.27. The van der Waals surface area contributed by atoms with Crippen LogP contribution in [0.3, 0.4) is 0 Å². The molecule has 1 saturated heterocycles. The van der Waals surface area contributed by atoms with Crippen LogP contribution >= 0.6 is 10.7 Å². The molecule has 2 unspecified atom stereocenters. The maximum Gasteiger partial charge on any atom is 0.297 e. The van der Waals surface area contributed by atoms with E-state index in [0.29, 0.717) is 13.2 Å². The molecule has 0 radical (unpaired) electrons. The molecule has 0 aromatic carbocycles. The Morgan fingerprint density at radius 3 is 2.85 bits per heavy atom. The van der Waals surface area contributed by atoms with Crippen LogP contribution < -0.4 is 4.72 Å². The zero-order valence-corrected chi connectivity index (χ0v) is 9.07. The van der Waals surface area contributed by atoms with Crippen LogP contribution in [-0.2, 0) is 14.0 Å². The number of ether oxygens (including phenoxy) is 1. The van der Waals surface area contributed by atoms with E-state index >= 15 is 0 Å². The van der Waals surface area contributed by atoms with Gasteiger partial charge >= 0.3 is 0 Å². The molecule has 1 fully saturated rings. The lowest BCUT2D eigenvalue weighted by molar-refractivity contribution is 0.0885. The van der Waals surface area contributed by atoms with Gasteiger partial charge in [-0.3, -0.25) is 0 Å². The van der Waals surface area contributed by atoms with Gasteiger partial charge in [-0.2, -0.15) is 8.42 Å². The maximum absolute atomic E-state index is 10.6. The van der Waals surface area contributed by atoms with Crippen LogP contribution in [-0.4, -0.2) is 27.7 Å². The van der Waals surface area contributed by atoms with Crippen molar-refractivity contribution in [3.8, 4) is 0 Å². The molecule has 0 spiro atoms. The molecule has 0 aromatic rings. The van der Waals surface area contributed by atoms with Crippen molar-refractivity contribution in [3.05, 3.63) is 0 Å². The van der Waals surface area contributed by atoms with E-state index in [1.165, 1.54) is 0 Å². The molecule has 13 heavy (non-hydrogen) atoms. The Morgan fingerprint density at radius 1 is 1.62 bits per heavy atom. The number of halogens is 1. The van der Waals surface area contributed by atoms with Gasteiger partial charge in [-0.05, 0) is 12.8 Å². The summed E-state index contributed by atoms with van der Waals surface area (Å²) in [5.41, 5.74) is 0. The standard InChI is InChI=1S/C7H14ClNO3S/c1-2-7-6(3-4-12-7)5-9-13(8,10)11/h6-7,9H,2-5H2,1H3. The van der Waals surface area contributed by atoms with Gasteiger partial charge in [0.1, 0.15) is 0 Å². The summed E-state index contributed by atoms with van der Waals surface area (Å²) in [6, 6.07) is 0. The number of hydrogen-bond acceptors (Lipinski definition) is 3. The number of hydrogen-bond donors (Lipinski definition) is 1. The van der Waals surface area contributed by atoms with E-state index in [-0.39, 0.29) is 12.0 Å². The fraction of sp³-hybridized carbons (Fsp3) is 1.00. The lowest BCUT2D eigenvalue weighted by atomic mass is 10.0. The number of rotatable bonds is 4. The smallest absolute Gasteiger partial charge is 0.297 e. The fourth-order valence-electron chi connectivity index (χ4n) is 1.58. The van der Waals surface area contributed by atoms with Gasteiger partial charge in [-0.25, -0.2) is 4.72 Å². The Bertz CT molecular complexity index is 254. The van der Waals surface area contributed by atoms with E-state index in [9.17, 15) is 8.42 Å². The van der Waals surface area contributed by atoms with Crippen molar-refractivity contribution in [2.45, 2.75) is 25.9 Å². The highest BCUT2D eigenvalue weighted by molar-refractivity contribution is 8.12. The normalized spacial score (nSPS) is 29.4. The zero-order chi connectivity index (χ0) is 9.90.